The maximum absolute atomic E-state index is 12.6. The van der Waals surface area contributed by atoms with Gasteiger partial charge in [-0.1, -0.05) is 48.5 Å². The standard InChI is InChI=1S/C20H21NO3/c1-20(2,3)24-19(22)17-16(14-10-6-4-7-11-14)21-18(23-17)15-12-8-5-9-13-15/h4-13,16-17H,1-3H3/t16-,17+/m1/s1. The molecule has 0 bridgehead atoms. The van der Waals surface area contributed by atoms with Crippen LogP contribution in [0.3, 0.4) is 0 Å². The summed E-state index contributed by atoms with van der Waals surface area (Å²) < 4.78 is 11.4. The van der Waals surface area contributed by atoms with Crippen LogP contribution < -0.4 is 0 Å². The van der Waals surface area contributed by atoms with E-state index in [2.05, 4.69) is 4.99 Å². The Labute approximate surface area is 142 Å². The van der Waals surface area contributed by atoms with Crippen molar-refractivity contribution in [3.63, 3.8) is 0 Å². The Balaban J connectivity index is 1.92. The zero-order valence-electron chi connectivity index (χ0n) is 14.1. The molecule has 2 atom stereocenters. The van der Waals surface area contributed by atoms with Crippen LogP contribution in [0.25, 0.3) is 0 Å². The van der Waals surface area contributed by atoms with Gasteiger partial charge in [0.2, 0.25) is 12.0 Å². The second-order valence-electron chi connectivity index (χ2n) is 6.73. The Morgan fingerprint density at radius 2 is 1.58 bits per heavy atom. The molecule has 0 N–H and O–H groups in total. The summed E-state index contributed by atoms with van der Waals surface area (Å²) in [5, 5.41) is 0. The molecule has 2 aromatic carbocycles. The molecule has 0 fully saturated rings. The van der Waals surface area contributed by atoms with E-state index in [0.29, 0.717) is 5.90 Å². The zero-order chi connectivity index (χ0) is 17.2. The molecule has 0 aromatic heterocycles. The van der Waals surface area contributed by atoms with Gasteiger partial charge in [-0.15, -0.1) is 0 Å². The molecule has 1 aliphatic rings. The molecule has 0 saturated heterocycles. The molecular weight excluding hydrogens is 302 g/mol. The summed E-state index contributed by atoms with van der Waals surface area (Å²) in [4.78, 5) is 17.3. The van der Waals surface area contributed by atoms with Crippen LogP contribution in [-0.4, -0.2) is 23.6 Å². The third-order valence-corrected chi connectivity index (χ3v) is 3.58. The fourth-order valence-corrected chi connectivity index (χ4v) is 2.57. The largest absolute Gasteiger partial charge is 0.459 e. The smallest absolute Gasteiger partial charge is 0.350 e. The lowest BCUT2D eigenvalue weighted by molar-refractivity contribution is -0.164. The molecule has 0 amide bonds. The summed E-state index contributed by atoms with van der Waals surface area (Å²) in [5.74, 6) is 0.0753. The van der Waals surface area contributed by atoms with Crippen LogP contribution in [0.2, 0.25) is 0 Å². The van der Waals surface area contributed by atoms with Crippen molar-refractivity contribution in [2.45, 2.75) is 38.5 Å². The van der Waals surface area contributed by atoms with Crippen molar-refractivity contribution in [1.29, 1.82) is 0 Å². The predicted molar refractivity (Wildman–Crippen MR) is 92.9 cm³/mol. The molecule has 2 aromatic rings. The number of hydrogen-bond donors (Lipinski definition) is 0. The summed E-state index contributed by atoms with van der Waals surface area (Å²) in [6, 6.07) is 18.9. The van der Waals surface area contributed by atoms with Crippen molar-refractivity contribution < 1.29 is 14.3 Å². The average Bonchev–Trinajstić information content (AvgIpc) is 3.00. The summed E-state index contributed by atoms with van der Waals surface area (Å²) in [7, 11) is 0. The van der Waals surface area contributed by atoms with E-state index >= 15 is 0 Å². The Hall–Kier alpha value is -2.62. The Morgan fingerprint density at radius 3 is 2.17 bits per heavy atom. The van der Waals surface area contributed by atoms with E-state index in [1.165, 1.54) is 0 Å². The van der Waals surface area contributed by atoms with Crippen LogP contribution in [0.15, 0.2) is 65.7 Å². The number of hydrogen-bond acceptors (Lipinski definition) is 4. The highest BCUT2D eigenvalue weighted by atomic mass is 16.6. The summed E-state index contributed by atoms with van der Waals surface area (Å²) >= 11 is 0. The van der Waals surface area contributed by atoms with Crippen molar-refractivity contribution >= 4 is 11.9 Å². The molecule has 0 radical (unpaired) electrons. The maximum Gasteiger partial charge on any atom is 0.350 e. The van der Waals surface area contributed by atoms with Crippen molar-refractivity contribution in [2.24, 2.45) is 4.99 Å². The van der Waals surface area contributed by atoms with E-state index in [4.69, 9.17) is 9.47 Å². The fraction of sp³-hybridized carbons (Fsp3) is 0.300. The van der Waals surface area contributed by atoms with Crippen LogP contribution >= 0.6 is 0 Å². The first kappa shape index (κ1) is 16.2. The number of ether oxygens (including phenoxy) is 2. The van der Waals surface area contributed by atoms with Crippen LogP contribution in [0.5, 0.6) is 0 Å². The SMILES string of the molecule is CC(C)(C)OC(=O)[C@H]1OC(c2ccccc2)=N[C@@H]1c1ccccc1. The topological polar surface area (TPSA) is 47.9 Å². The molecule has 4 nitrogen and oxygen atoms in total. The van der Waals surface area contributed by atoms with Crippen molar-refractivity contribution in [1.82, 2.24) is 0 Å². The van der Waals surface area contributed by atoms with Gasteiger partial charge in [0.15, 0.2) is 0 Å². The van der Waals surface area contributed by atoms with Crippen LogP contribution in [0, 0.1) is 0 Å². The van der Waals surface area contributed by atoms with E-state index in [0.717, 1.165) is 11.1 Å². The van der Waals surface area contributed by atoms with Crippen LogP contribution in [0.1, 0.15) is 37.9 Å². The van der Waals surface area contributed by atoms with Crippen LogP contribution in [-0.2, 0) is 14.3 Å². The lowest BCUT2D eigenvalue weighted by Crippen LogP contribution is -2.35. The first-order chi connectivity index (χ1) is 11.4. The van der Waals surface area contributed by atoms with Gasteiger partial charge < -0.3 is 9.47 Å². The number of benzene rings is 2. The van der Waals surface area contributed by atoms with E-state index in [9.17, 15) is 4.79 Å². The molecule has 1 heterocycles. The predicted octanol–water partition coefficient (Wildman–Crippen LogP) is 3.92. The normalized spacial score (nSPS) is 20.2. The molecule has 24 heavy (non-hydrogen) atoms. The molecule has 0 saturated carbocycles. The number of rotatable bonds is 3. The molecule has 1 aliphatic heterocycles. The monoisotopic (exact) mass is 323 g/mol. The second-order valence-corrected chi connectivity index (χ2v) is 6.73. The number of nitrogens with zero attached hydrogens (tertiary/aromatic N) is 1. The first-order valence-electron chi connectivity index (χ1n) is 8.02. The summed E-state index contributed by atoms with van der Waals surface area (Å²) in [6.07, 6.45) is -0.776. The average molecular weight is 323 g/mol. The Kier molecular flexibility index (Phi) is 4.38. The number of esters is 1. The highest BCUT2D eigenvalue weighted by Gasteiger charge is 2.40. The van der Waals surface area contributed by atoms with Crippen molar-refractivity contribution in [3.8, 4) is 0 Å². The highest BCUT2D eigenvalue weighted by molar-refractivity contribution is 5.98. The van der Waals surface area contributed by atoms with Crippen molar-refractivity contribution in [2.75, 3.05) is 0 Å². The van der Waals surface area contributed by atoms with Gasteiger partial charge in [0.05, 0.1) is 0 Å². The molecule has 0 spiro atoms. The van der Waals surface area contributed by atoms with Gasteiger partial charge in [-0.2, -0.15) is 0 Å². The van der Waals surface area contributed by atoms with Gasteiger partial charge in [0.25, 0.3) is 0 Å². The molecule has 0 unspecified atom stereocenters. The fourth-order valence-electron chi connectivity index (χ4n) is 2.57. The van der Waals surface area contributed by atoms with Gasteiger partial charge in [0, 0.05) is 5.56 Å². The second kappa shape index (κ2) is 6.48. The third kappa shape index (κ3) is 3.65. The highest BCUT2D eigenvalue weighted by Crippen LogP contribution is 2.32. The molecule has 0 aliphatic carbocycles. The van der Waals surface area contributed by atoms with Gasteiger partial charge in [0.1, 0.15) is 11.6 Å². The van der Waals surface area contributed by atoms with E-state index < -0.39 is 23.7 Å². The summed E-state index contributed by atoms with van der Waals surface area (Å²) in [6.45, 7) is 5.53. The minimum absolute atomic E-state index is 0.397. The van der Waals surface area contributed by atoms with Crippen LogP contribution in [0.4, 0.5) is 0 Å². The quantitative estimate of drug-likeness (QED) is 0.805. The molecule has 3 rings (SSSR count). The minimum atomic E-state index is -0.776. The van der Waals surface area contributed by atoms with Gasteiger partial charge in [-0.3, -0.25) is 0 Å². The van der Waals surface area contributed by atoms with Gasteiger partial charge in [-0.25, -0.2) is 9.79 Å². The number of aliphatic imine (C=N–C) groups is 1. The van der Waals surface area contributed by atoms with E-state index in [1.54, 1.807) is 0 Å². The Morgan fingerprint density at radius 1 is 1.00 bits per heavy atom. The Bertz CT molecular complexity index is 732. The molecular formula is C20H21NO3. The zero-order valence-corrected chi connectivity index (χ0v) is 14.1. The van der Waals surface area contributed by atoms with E-state index in [1.807, 2.05) is 81.4 Å². The van der Waals surface area contributed by atoms with Gasteiger partial charge >= 0.3 is 5.97 Å². The number of carbonyl (C=O) groups is 1. The van der Waals surface area contributed by atoms with Gasteiger partial charge in [-0.05, 0) is 38.5 Å². The maximum atomic E-state index is 12.6. The first-order valence-corrected chi connectivity index (χ1v) is 8.02. The van der Waals surface area contributed by atoms with E-state index in [-0.39, 0.29) is 0 Å². The third-order valence-electron chi connectivity index (χ3n) is 3.58. The minimum Gasteiger partial charge on any atom is -0.459 e. The number of carbonyl (C=O) groups excluding carboxylic acids is 1. The van der Waals surface area contributed by atoms with Crippen molar-refractivity contribution in [3.05, 3.63) is 71.8 Å². The molecule has 124 valence electrons. The lowest BCUT2D eigenvalue weighted by Gasteiger charge is -2.24. The lowest BCUT2D eigenvalue weighted by atomic mass is 10.0. The molecule has 4 heteroatoms. The summed E-state index contributed by atoms with van der Waals surface area (Å²) in [5.41, 5.74) is 1.21.